The maximum Gasteiger partial charge on any atom is 0.252 e. The average Bonchev–Trinajstić information content (AvgIpc) is 2.98. The smallest absolute Gasteiger partial charge is 0.252 e. The molecule has 1 aliphatic carbocycles. The Morgan fingerprint density at radius 1 is 1.17 bits per heavy atom. The number of benzene rings is 1. The van der Waals surface area contributed by atoms with Crippen LogP contribution in [0.15, 0.2) is 30.5 Å². The lowest BCUT2D eigenvalue weighted by Gasteiger charge is -2.29. The molecule has 1 saturated carbocycles. The maximum absolute atomic E-state index is 12.1. The second kappa shape index (κ2) is 8.70. The third-order valence-electron chi connectivity index (χ3n) is 6.11. The Hall–Kier alpha value is -2.51. The van der Waals surface area contributed by atoms with E-state index in [4.69, 9.17) is 9.72 Å². The Labute approximate surface area is 178 Å². The van der Waals surface area contributed by atoms with Gasteiger partial charge in [0, 0.05) is 43.1 Å². The molecule has 1 aromatic heterocycles. The van der Waals surface area contributed by atoms with Gasteiger partial charge in [-0.05, 0) is 63.3 Å². The van der Waals surface area contributed by atoms with E-state index in [9.17, 15) is 4.79 Å². The first-order valence-corrected chi connectivity index (χ1v) is 10.8. The predicted octanol–water partition coefficient (Wildman–Crippen LogP) is 3.08. The summed E-state index contributed by atoms with van der Waals surface area (Å²) >= 11 is 0. The SMILES string of the molecule is COCCN[C@H]1CC[C@H](Nc2nccc(-c3ccc4c(c3)C(C)(C)NC4=O)n2)CC1. The van der Waals surface area contributed by atoms with E-state index in [0.717, 1.165) is 61.2 Å². The summed E-state index contributed by atoms with van der Waals surface area (Å²) in [5.41, 5.74) is 3.24. The standard InChI is InChI=1S/C23H31N5O2/c1-23(2)19-14-15(4-9-18(19)21(29)28-23)20-10-11-25-22(27-20)26-17-7-5-16(6-8-17)24-12-13-30-3/h4,9-11,14,16-17,24H,5-8,12-13H2,1-3H3,(H,28,29)(H,25,26,27)/t16-,17-. The normalized spacial score (nSPS) is 22.4. The van der Waals surface area contributed by atoms with Gasteiger partial charge in [0.15, 0.2) is 0 Å². The van der Waals surface area contributed by atoms with Crippen LogP contribution in [0.25, 0.3) is 11.3 Å². The van der Waals surface area contributed by atoms with Gasteiger partial charge in [-0.2, -0.15) is 0 Å². The molecule has 7 heteroatoms. The molecule has 30 heavy (non-hydrogen) atoms. The van der Waals surface area contributed by atoms with Crippen LogP contribution >= 0.6 is 0 Å². The highest BCUT2D eigenvalue weighted by Crippen LogP contribution is 2.33. The highest BCUT2D eigenvalue weighted by molar-refractivity contribution is 6.00. The van der Waals surface area contributed by atoms with Crippen molar-refractivity contribution in [2.45, 2.75) is 57.2 Å². The summed E-state index contributed by atoms with van der Waals surface area (Å²) in [6.07, 6.45) is 6.27. The Morgan fingerprint density at radius 2 is 1.93 bits per heavy atom. The molecule has 0 saturated heterocycles. The van der Waals surface area contributed by atoms with Crippen LogP contribution in [0.1, 0.15) is 55.5 Å². The summed E-state index contributed by atoms with van der Waals surface area (Å²) in [4.78, 5) is 21.3. The summed E-state index contributed by atoms with van der Waals surface area (Å²) in [5.74, 6) is 0.649. The van der Waals surface area contributed by atoms with Gasteiger partial charge in [0.1, 0.15) is 0 Å². The Kier molecular flexibility index (Phi) is 6.01. The summed E-state index contributed by atoms with van der Waals surface area (Å²) < 4.78 is 5.11. The van der Waals surface area contributed by atoms with Gasteiger partial charge in [0.25, 0.3) is 5.91 Å². The van der Waals surface area contributed by atoms with E-state index >= 15 is 0 Å². The third kappa shape index (κ3) is 4.47. The van der Waals surface area contributed by atoms with Crippen molar-refractivity contribution in [3.05, 3.63) is 41.6 Å². The van der Waals surface area contributed by atoms with Crippen molar-refractivity contribution < 1.29 is 9.53 Å². The Balaban J connectivity index is 1.42. The first-order chi connectivity index (χ1) is 14.5. The molecule has 1 aliphatic heterocycles. The third-order valence-corrected chi connectivity index (χ3v) is 6.11. The number of fused-ring (bicyclic) bond motifs is 1. The number of nitrogens with one attached hydrogen (secondary N) is 3. The molecule has 3 N–H and O–H groups in total. The van der Waals surface area contributed by atoms with E-state index in [1.165, 1.54) is 0 Å². The summed E-state index contributed by atoms with van der Waals surface area (Å²) in [5, 5.41) is 10.1. The summed E-state index contributed by atoms with van der Waals surface area (Å²) in [6.45, 7) is 5.70. The van der Waals surface area contributed by atoms with Crippen LogP contribution in [-0.4, -0.2) is 48.2 Å². The molecule has 1 amide bonds. The zero-order chi connectivity index (χ0) is 21.1. The fourth-order valence-corrected chi connectivity index (χ4v) is 4.42. The van der Waals surface area contributed by atoms with Crippen LogP contribution in [0.5, 0.6) is 0 Å². The average molecular weight is 410 g/mol. The van der Waals surface area contributed by atoms with E-state index in [1.807, 2.05) is 32.0 Å². The van der Waals surface area contributed by atoms with Gasteiger partial charge in [0.2, 0.25) is 5.95 Å². The first-order valence-electron chi connectivity index (χ1n) is 10.8. The fourth-order valence-electron chi connectivity index (χ4n) is 4.42. The van der Waals surface area contributed by atoms with Gasteiger partial charge in [-0.1, -0.05) is 6.07 Å². The van der Waals surface area contributed by atoms with Crippen molar-refractivity contribution in [3.8, 4) is 11.3 Å². The highest BCUT2D eigenvalue weighted by Gasteiger charge is 2.35. The zero-order valence-electron chi connectivity index (χ0n) is 18.0. The van der Waals surface area contributed by atoms with Gasteiger partial charge >= 0.3 is 0 Å². The van der Waals surface area contributed by atoms with Crippen molar-refractivity contribution in [3.63, 3.8) is 0 Å². The van der Waals surface area contributed by atoms with E-state index in [2.05, 4.69) is 27.0 Å². The maximum atomic E-state index is 12.1. The monoisotopic (exact) mass is 409 g/mol. The molecule has 4 rings (SSSR count). The first kappa shape index (κ1) is 20.8. The van der Waals surface area contributed by atoms with Crippen molar-refractivity contribution in [2.24, 2.45) is 0 Å². The molecule has 0 atom stereocenters. The van der Waals surface area contributed by atoms with Crippen LogP contribution in [-0.2, 0) is 10.3 Å². The van der Waals surface area contributed by atoms with E-state index < -0.39 is 0 Å². The lowest BCUT2D eigenvalue weighted by molar-refractivity contribution is 0.0940. The number of carbonyl (C=O) groups excluding carboxylic acids is 1. The molecule has 160 valence electrons. The Bertz CT molecular complexity index is 906. The molecular weight excluding hydrogens is 378 g/mol. The van der Waals surface area contributed by atoms with Crippen molar-refractivity contribution in [1.82, 2.24) is 20.6 Å². The van der Waals surface area contributed by atoms with E-state index in [0.29, 0.717) is 18.0 Å². The second-order valence-electron chi connectivity index (χ2n) is 8.74. The van der Waals surface area contributed by atoms with Crippen molar-refractivity contribution in [2.75, 3.05) is 25.6 Å². The number of rotatable bonds is 7. The molecule has 1 fully saturated rings. The number of ether oxygens (including phenoxy) is 1. The molecule has 2 aliphatic rings. The minimum absolute atomic E-state index is 0.0149. The van der Waals surface area contributed by atoms with Crippen LogP contribution in [0, 0.1) is 0 Å². The number of nitrogens with zero attached hydrogens (tertiary/aromatic N) is 2. The van der Waals surface area contributed by atoms with Crippen LogP contribution in [0.3, 0.4) is 0 Å². The van der Waals surface area contributed by atoms with Crippen LogP contribution in [0.2, 0.25) is 0 Å². The minimum atomic E-state index is -0.369. The molecule has 2 aromatic rings. The lowest BCUT2D eigenvalue weighted by atomic mass is 9.91. The molecular formula is C23H31N5O2. The number of amides is 1. The number of hydrogen-bond donors (Lipinski definition) is 3. The minimum Gasteiger partial charge on any atom is -0.383 e. The zero-order valence-corrected chi connectivity index (χ0v) is 18.0. The molecule has 0 spiro atoms. The summed E-state index contributed by atoms with van der Waals surface area (Å²) in [6, 6.07) is 8.79. The number of anilines is 1. The Morgan fingerprint density at radius 3 is 2.70 bits per heavy atom. The van der Waals surface area contributed by atoms with Gasteiger partial charge in [-0.25, -0.2) is 9.97 Å². The number of aromatic nitrogens is 2. The number of hydrogen-bond acceptors (Lipinski definition) is 6. The highest BCUT2D eigenvalue weighted by atomic mass is 16.5. The molecule has 7 nitrogen and oxygen atoms in total. The van der Waals surface area contributed by atoms with E-state index in [1.54, 1.807) is 13.3 Å². The number of carbonyl (C=O) groups is 1. The van der Waals surface area contributed by atoms with Gasteiger partial charge in [-0.3, -0.25) is 4.79 Å². The van der Waals surface area contributed by atoms with Crippen molar-refractivity contribution in [1.29, 1.82) is 0 Å². The van der Waals surface area contributed by atoms with Gasteiger partial charge in [0.05, 0.1) is 17.8 Å². The molecule has 0 radical (unpaired) electrons. The second-order valence-corrected chi connectivity index (χ2v) is 8.74. The van der Waals surface area contributed by atoms with Crippen LogP contribution in [0.4, 0.5) is 5.95 Å². The molecule has 1 aromatic carbocycles. The van der Waals surface area contributed by atoms with Gasteiger partial charge < -0.3 is 20.7 Å². The quantitative estimate of drug-likeness (QED) is 0.609. The van der Waals surface area contributed by atoms with E-state index in [-0.39, 0.29) is 11.4 Å². The predicted molar refractivity (Wildman–Crippen MR) is 118 cm³/mol. The topological polar surface area (TPSA) is 88.2 Å². The van der Waals surface area contributed by atoms with Crippen molar-refractivity contribution >= 4 is 11.9 Å². The number of methoxy groups -OCH3 is 1. The molecule has 2 heterocycles. The van der Waals surface area contributed by atoms with Gasteiger partial charge in [-0.15, -0.1) is 0 Å². The largest absolute Gasteiger partial charge is 0.383 e. The molecule has 0 bridgehead atoms. The fraction of sp³-hybridized carbons (Fsp3) is 0.522. The summed E-state index contributed by atoms with van der Waals surface area (Å²) in [7, 11) is 1.73. The van der Waals surface area contributed by atoms with Crippen LogP contribution < -0.4 is 16.0 Å². The lowest BCUT2D eigenvalue weighted by Crippen LogP contribution is -2.38. The molecule has 0 unspecified atom stereocenters.